The van der Waals surface area contributed by atoms with Crippen LogP contribution in [0.4, 0.5) is 4.79 Å². The highest BCUT2D eigenvalue weighted by molar-refractivity contribution is 7.91. The number of sulfone groups is 1. The highest BCUT2D eigenvalue weighted by Gasteiger charge is 2.30. The third kappa shape index (κ3) is 3.37. The summed E-state index contributed by atoms with van der Waals surface area (Å²) in [6, 6.07) is 0. The minimum absolute atomic E-state index is 0.0678. The third-order valence-corrected chi connectivity index (χ3v) is 3.51. The van der Waals surface area contributed by atoms with E-state index in [1.54, 1.807) is 0 Å². The Morgan fingerprint density at radius 1 is 1.57 bits per heavy atom. The van der Waals surface area contributed by atoms with Gasteiger partial charge in [0.2, 0.25) is 0 Å². The number of carbonyl (C=O) groups excluding carboxylic acids is 1. The molecule has 0 radical (unpaired) electrons. The zero-order valence-electron chi connectivity index (χ0n) is 7.64. The Balaban J connectivity index is 2.32. The van der Waals surface area contributed by atoms with Crippen molar-refractivity contribution in [2.75, 3.05) is 18.1 Å². The molecule has 0 unspecified atom stereocenters. The van der Waals surface area contributed by atoms with Crippen LogP contribution < -0.4 is 0 Å². The zero-order valence-corrected chi connectivity index (χ0v) is 8.46. The van der Waals surface area contributed by atoms with E-state index in [1.807, 2.05) is 0 Å². The fraction of sp³-hybridized carbons (Fsp3) is 0.625. The Labute approximate surface area is 82.6 Å². The van der Waals surface area contributed by atoms with Gasteiger partial charge in [0.25, 0.3) is 0 Å². The van der Waals surface area contributed by atoms with Gasteiger partial charge >= 0.3 is 6.16 Å². The van der Waals surface area contributed by atoms with Gasteiger partial charge in [0.15, 0.2) is 9.84 Å². The van der Waals surface area contributed by atoms with Crippen molar-refractivity contribution in [3.63, 3.8) is 0 Å². The lowest BCUT2D eigenvalue weighted by Gasteiger charge is -2.08. The van der Waals surface area contributed by atoms with E-state index in [0.717, 1.165) is 0 Å². The van der Waals surface area contributed by atoms with Crippen molar-refractivity contribution in [3.8, 4) is 0 Å². The SMILES string of the molecule is C=CCOC(=O)O[C@@H]1CCS(=O)(=O)C1. The molecule has 1 atom stereocenters. The second-order valence-electron chi connectivity index (χ2n) is 2.99. The molecule has 1 heterocycles. The molecular weight excluding hydrogens is 208 g/mol. The molecule has 0 N–H and O–H groups in total. The lowest BCUT2D eigenvalue weighted by Crippen LogP contribution is -2.20. The van der Waals surface area contributed by atoms with E-state index in [-0.39, 0.29) is 18.1 Å². The molecule has 14 heavy (non-hydrogen) atoms. The molecule has 1 saturated heterocycles. The summed E-state index contributed by atoms with van der Waals surface area (Å²) in [7, 11) is -3.01. The van der Waals surface area contributed by atoms with Crippen LogP contribution in [0.1, 0.15) is 6.42 Å². The van der Waals surface area contributed by atoms with Gasteiger partial charge in [-0.3, -0.25) is 0 Å². The van der Waals surface area contributed by atoms with E-state index in [1.165, 1.54) is 6.08 Å². The van der Waals surface area contributed by atoms with E-state index in [0.29, 0.717) is 6.42 Å². The highest BCUT2D eigenvalue weighted by atomic mass is 32.2. The lowest BCUT2D eigenvalue weighted by atomic mass is 10.3. The molecule has 0 amide bonds. The van der Waals surface area contributed by atoms with Crippen LogP contribution >= 0.6 is 0 Å². The summed E-state index contributed by atoms with van der Waals surface area (Å²) in [4.78, 5) is 10.9. The first-order valence-electron chi connectivity index (χ1n) is 4.18. The Bertz CT molecular complexity index is 319. The Morgan fingerprint density at radius 2 is 2.29 bits per heavy atom. The fourth-order valence-electron chi connectivity index (χ4n) is 1.15. The average molecular weight is 220 g/mol. The molecule has 0 aromatic heterocycles. The molecule has 5 nitrogen and oxygen atoms in total. The summed E-state index contributed by atoms with van der Waals surface area (Å²) in [5.41, 5.74) is 0. The van der Waals surface area contributed by atoms with E-state index >= 15 is 0 Å². The van der Waals surface area contributed by atoms with Gasteiger partial charge in [0, 0.05) is 0 Å². The number of hydrogen-bond acceptors (Lipinski definition) is 5. The van der Waals surface area contributed by atoms with Crippen molar-refractivity contribution in [1.82, 2.24) is 0 Å². The molecule has 0 aliphatic carbocycles. The van der Waals surface area contributed by atoms with Gasteiger partial charge in [-0.15, -0.1) is 0 Å². The maximum atomic E-state index is 11.0. The predicted molar refractivity (Wildman–Crippen MR) is 49.7 cm³/mol. The molecule has 0 saturated carbocycles. The van der Waals surface area contributed by atoms with Gasteiger partial charge in [-0.25, -0.2) is 13.2 Å². The topological polar surface area (TPSA) is 69.7 Å². The molecule has 1 aliphatic heterocycles. The Hall–Kier alpha value is -1.04. The van der Waals surface area contributed by atoms with Crippen molar-refractivity contribution >= 4 is 16.0 Å². The molecular formula is C8H12O5S. The van der Waals surface area contributed by atoms with Crippen molar-refractivity contribution in [1.29, 1.82) is 0 Å². The minimum atomic E-state index is -3.01. The van der Waals surface area contributed by atoms with Gasteiger partial charge in [-0.2, -0.15) is 0 Å². The normalized spacial score (nSPS) is 24.1. The van der Waals surface area contributed by atoms with E-state index in [4.69, 9.17) is 4.74 Å². The number of hydrogen-bond donors (Lipinski definition) is 0. The second-order valence-corrected chi connectivity index (χ2v) is 5.22. The summed E-state index contributed by atoms with van der Waals surface area (Å²) in [5.74, 6) is -0.0252. The third-order valence-electron chi connectivity index (χ3n) is 1.77. The first-order valence-corrected chi connectivity index (χ1v) is 6.00. The summed E-state index contributed by atoms with van der Waals surface area (Å²) in [6.07, 6.45) is 0.363. The monoisotopic (exact) mass is 220 g/mol. The van der Waals surface area contributed by atoms with Crippen molar-refractivity contribution in [3.05, 3.63) is 12.7 Å². The first-order chi connectivity index (χ1) is 6.53. The van der Waals surface area contributed by atoms with Crippen LogP contribution in [-0.2, 0) is 19.3 Å². The molecule has 0 aromatic carbocycles. The molecule has 1 aliphatic rings. The van der Waals surface area contributed by atoms with Gasteiger partial charge < -0.3 is 9.47 Å². The molecule has 80 valence electrons. The van der Waals surface area contributed by atoms with Crippen LogP contribution in [0.3, 0.4) is 0 Å². The molecule has 1 fully saturated rings. The predicted octanol–water partition coefficient (Wildman–Crippen LogP) is 0.513. The Morgan fingerprint density at radius 3 is 2.79 bits per heavy atom. The maximum absolute atomic E-state index is 11.0. The first kappa shape index (κ1) is 11.0. The van der Waals surface area contributed by atoms with Crippen LogP contribution in [0, 0.1) is 0 Å². The highest BCUT2D eigenvalue weighted by Crippen LogP contribution is 2.15. The van der Waals surface area contributed by atoms with Crippen molar-refractivity contribution < 1.29 is 22.7 Å². The lowest BCUT2D eigenvalue weighted by molar-refractivity contribution is 0.0380. The van der Waals surface area contributed by atoms with Gasteiger partial charge in [0.1, 0.15) is 12.7 Å². The number of carbonyl (C=O) groups is 1. The standard InChI is InChI=1S/C8H12O5S/c1-2-4-12-8(9)13-7-3-5-14(10,11)6-7/h2,7H,1,3-6H2/t7-/m1/s1. The Kier molecular flexibility index (Phi) is 3.51. The molecule has 0 bridgehead atoms. The summed E-state index contributed by atoms with van der Waals surface area (Å²) >= 11 is 0. The van der Waals surface area contributed by atoms with Crippen LogP contribution in [0.25, 0.3) is 0 Å². The smallest absolute Gasteiger partial charge is 0.430 e. The van der Waals surface area contributed by atoms with E-state index in [9.17, 15) is 13.2 Å². The number of ether oxygens (including phenoxy) is 2. The van der Waals surface area contributed by atoms with Gasteiger partial charge in [0.05, 0.1) is 11.5 Å². The molecule has 1 rings (SSSR count). The van der Waals surface area contributed by atoms with Gasteiger partial charge in [-0.1, -0.05) is 12.7 Å². The molecule has 0 spiro atoms. The van der Waals surface area contributed by atoms with Crippen molar-refractivity contribution in [2.24, 2.45) is 0 Å². The van der Waals surface area contributed by atoms with Crippen LogP contribution in [0.5, 0.6) is 0 Å². The van der Waals surface area contributed by atoms with Crippen LogP contribution in [-0.4, -0.2) is 38.8 Å². The average Bonchev–Trinajstić information content (AvgIpc) is 2.42. The molecule has 6 heteroatoms. The zero-order chi connectivity index (χ0) is 10.6. The van der Waals surface area contributed by atoms with E-state index < -0.39 is 22.1 Å². The van der Waals surface area contributed by atoms with Crippen LogP contribution in [0.15, 0.2) is 12.7 Å². The fourth-order valence-corrected chi connectivity index (χ4v) is 2.74. The second kappa shape index (κ2) is 4.45. The number of rotatable bonds is 3. The summed E-state index contributed by atoms with van der Waals surface area (Å²) < 4.78 is 31.3. The maximum Gasteiger partial charge on any atom is 0.508 e. The minimum Gasteiger partial charge on any atom is -0.430 e. The van der Waals surface area contributed by atoms with Crippen molar-refractivity contribution in [2.45, 2.75) is 12.5 Å². The van der Waals surface area contributed by atoms with Gasteiger partial charge in [-0.05, 0) is 6.42 Å². The summed E-state index contributed by atoms with van der Waals surface area (Å²) in [6.45, 7) is 3.43. The summed E-state index contributed by atoms with van der Waals surface area (Å²) in [5, 5.41) is 0. The largest absolute Gasteiger partial charge is 0.508 e. The van der Waals surface area contributed by atoms with E-state index in [2.05, 4.69) is 11.3 Å². The molecule has 0 aromatic rings. The van der Waals surface area contributed by atoms with Crippen LogP contribution in [0.2, 0.25) is 0 Å². The quantitative estimate of drug-likeness (QED) is 0.512.